The largest absolute Gasteiger partial charge is 0.497 e. The smallest absolute Gasteiger partial charge is 0.119 e. The highest BCUT2D eigenvalue weighted by molar-refractivity contribution is 9.10. The molecule has 0 aromatic heterocycles. The molecule has 0 radical (unpaired) electrons. The van der Waals surface area contributed by atoms with Crippen LogP contribution in [0.3, 0.4) is 0 Å². The first-order valence-corrected chi connectivity index (χ1v) is 5.63. The van der Waals surface area contributed by atoms with Crippen LogP contribution in [0.15, 0.2) is 22.7 Å². The number of ether oxygens (including phenoxy) is 1. The highest BCUT2D eigenvalue weighted by atomic mass is 79.9. The SMILES string of the molecule is COc1ccc(Br)c(CC(F)CCN)c1. The third kappa shape index (κ3) is 3.80. The number of nitrogens with two attached hydrogens (primary N) is 1. The minimum atomic E-state index is -0.890. The van der Waals surface area contributed by atoms with Gasteiger partial charge in [0.1, 0.15) is 11.9 Å². The van der Waals surface area contributed by atoms with Crippen molar-refractivity contribution in [1.29, 1.82) is 0 Å². The quantitative estimate of drug-likeness (QED) is 0.897. The van der Waals surface area contributed by atoms with Crippen molar-refractivity contribution in [3.8, 4) is 5.75 Å². The number of hydrogen-bond donors (Lipinski definition) is 1. The van der Waals surface area contributed by atoms with Crippen LogP contribution >= 0.6 is 15.9 Å². The zero-order chi connectivity index (χ0) is 11.3. The average Bonchev–Trinajstić information content (AvgIpc) is 2.21. The van der Waals surface area contributed by atoms with Crippen molar-refractivity contribution in [2.24, 2.45) is 5.73 Å². The fourth-order valence-corrected chi connectivity index (χ4v) is 1.76. The van der Waals surface area contributed by atoms with E-state index in [4.69, 9.17) is 10.5 Å². The van der Waals surface area contributed by atoms with Crippen LogP contribution in [-0.4, -0.2) is 19.8 Å². The van der Waals surface area contributed by atoms with Gasteiger partial charge in [0.15, 0.2) is 0 Å². The molecule has 4 heteroatoms. The van der Waals surface area contributed by atoms with Crippen molar-refractivity contribution >= 4 is 15.9 Å². The fourth-order valence-electron chi connectivity index (χ4n) is 1.36. The molecule has 1 aromatic rings. The third-order valence-corrected chi connectivity index (χ3v) is 2.95. The maximum atomic E-state index is 13.4. The molecule has 0 spiro atoms. The third-order valence-electron chi connectivity index (χ3n) is 2.17. The summed E-state index contributed by atoms with van der Waals surface area (Å²) in [5.41, 5.74) is 6.21. The predicted molar refractivity (Wildman–Crippen MR) is 63.0 cm³/mol. The van der Waals surface area contributed by atoms with Gasteiger partial charge < -0.3 is 10.5 Å². The lowest BCUT2D eigenvalue weighted by atomic mass is 10.1. The van der Waals surface area contributed by atoms with E-state index in [1.807, 2.05) is 18.2 Å². The number of methoxy groups -OCH3 is 1. The summed E-state index contributed by atoms with van der Waals surface area (Å²) in [4.78, 5) is 0. The molecular weight excluding hydrogens is 261 g/mol. The Labute approximate surface area is 97.7 Å². The van der Waals surface area contributed by atoms with E-state index in [0.29, 0.717) is 19.4 Å². The van der Waals surface area contributed by atoms with Crippen LogP contribution in [0.4, 0.5) is 4.39 Å². The molecular formula is C11H15BrFNO. The molecule has 0 bridgehead atoms. The summed E-state index contributed by atoms with van der Waals surface area (Å²) in [5.74, 6) is 0.744. The van der Waals surface area contributed by atoms with Crippen LogP contribution in [0.5, 0.6) is 5.75 Å². The molecule has 0 fully saturated rings. The molecule has 84 valence electrons. The van der Waals surface area contributed by atoms with E-state index in [1.54, 1.807) is 7.11 Å². The first kappa shape index (κ1) is 12.5. The van der Waals surface area contributed by atoms with E-state index in [-0.39, 0.29) is 0 Å². The summed E-state index contributed by atoms with van der Waals surface area (Å²) >= 11 is 3.39. The molecule has 0 saturated heterocycles. The Morgan fingerprint density at radius 2 is 2.27 bits per heavy atom. The van der Waals surface area contributed by atoms with Crippen molar-refractivity contribution in [3.05, 3.63) is 28.2 Å². The van der Waals surface area contributed by atoms with Crippen LogP contribution in [0.1, 0.15) is 12.0 Å². The van der Waals surface area contributed by atoms with Crippen molar-refractivity contribution in [2.75, 3.05) is 13.7 Å². The standard InChI is InChI=1S/C11H15BrFNO/c1-15-10-2-3-11(12)8(7-10)6-9(13)4-5-14/h2-3,7,9H,4-6,14H2,1H3. The second-order valence-electron chi connectivity index (χ2n) is 3.34. The monoisotopic (exact) mass is 275 g/mol. The van der Waals surface area contributed by atoms with Gasteiger partial charge >= 0.3 is 0 Å². The minimum absolute atomic E-state index is 0.370. The van der Waals surface area contributed by atoms with Gasteiger partial charge in [-0.15, -0.1) is 0 Å². The number of rotatable bonds is 5. The molecule has 0 amide bonds. The molecule has 0 aliphatic heterocycles. The Kier molecular flexibility index (Phi) is 5.05. The average molecular weight is 276 g/mol. The number of alkyl halides is 1. The van der Waals surface area contributed by atoms with Gasteiger partial charge in [0.2, 0.25) is 0 Å². The lowest BCUT2D eigenvalue weighted by molar-refractivity contribution is 0.316. The van der Waals surface area contributed by atoms with Crippen molar-refractivity contribution in [3.63, 3.8) is 0 Å². The first-order chi connectivity index (χ1) is 7.17. The van der Waals surface area contributed by atoms with Crippen molar-refractivity contribution < 1.29 is 9.13 Å². The summed E-state index contributed by atoms with van der Waals surface area (Å²) in [7, 11) is 1.60. The van der Waals surface area contributed by atoms with Gasteiger partial charge in [0.25, 0.3) is 0 Å². The Morgan fingerprint density at radius 3 is 2.87 bits per heavy atom. The summed E-state index contributed by atoms with van der Waals surface area (Å²) < 4.78 is 19.4. The zero-order valence-corrected chi connectivity index (χ0v) is 10.3. The van der Waals surface area contributed by atoms with Crippen molar-refractivity contribution in [1.82, 2.24) is 0 Å². The van der Waals surface area contributed by atoms with Crippen LogP contribution in [0.25, 0.3) is 0 Å². The van der Waals surface area contributed by atoms with E-state index in [9.17, 15) is 4.39 Å². The number of hydrogen-bond acceptors (Lipinski definition) is 2. The summed E-state index contributed by atoms with van der Waals surface area (Å²) in [6.07, 6.45) is -0.128. The molecule has 0 saturated carbocycles. The predicted octanol–water partition coefficient (Wildman–Crippen LogP) is 2.69. The summed E-state index contributed by atoms with van der Waals surface area (Å²) in [6.45, 7) is 0.378. The fraction of sp³-hybridized carbons (Fsp3) is 0.455. The molecule has 2 N–H and O–H groups in total. The molecule has 2 nitrogen and oxygen atoms in total. The van der Waals surface area contributed by atoms with Gasteiger partial charge in [0.05, 0.1) is 7.11 Å². The maximum Gasteiger partial charge on any atom is 0.119 e. The molecule has 1 aromatic carbocycles. The van der Waals surface area contributed by atoms with Gasteiger partial charge in [-0.1, -0.05) is 15.9 Å². The second-order valence-corrected chi connectivity index (χ2v) is 4.19. The molecule has 0 heterocycles. The number of benzene rings is 1. The first-order valence-electron chi connectivity index (χ1n) is 4.84. The Hall–Kier alpha value is -0.610. The van der Waals surface area contributed by atoms with Crippen LogP contribution < -0.4 is 10.5 Å². The Bertz CT molecular complexity index is 319. The van der Waals surface area contributed by atoms with E-state index in [1.165, 1.54) is 0 Å². The second kappa shape index (κ2) is 6.08. The van der Waals surface area contributed by atoms with Gasteiger partial charge in [-0.2, -0.15) is 0 Å². The van der Waals surface area contributed by atoms with Gasteiger partial charge in [-0.3, -0.25) is 0 Å². The van der Waals surface area contributed by atoms with Crippen LogP contribution in [-0.2, 0) is 6.42 Å². The molecule has 1 unspecified atom stereocenters. The van der Waals surface area contributed by atoms with E-state index < -0.39 is 6.17 Å². The summed E-state index contributed by atoms with van der Waals surface area (Å²) in [5, 5.41) is 0. The normalized spacial score (nSPS) is 12.5. The summed E-state index contributed by atoms with van der Waals surface area (Å²) in [6, 6.07) is 5.54. The van der Waals surface area contributed by atoms with E-state index in [0.717, 1.165) is 15.8 Å². The van der Waals surface area contributed by atoms with Crippen LogP contribution in [0, 0.1) is 0 Å². The van der Waals surface area contributed by atoms with Crippen molar-refractivity contribution in [2.45, 2.75) is 19.0 Å². The molecule has 15 heavy (non-hydrogen) atoms. The Morgan fingerprint density at radius 1 is 1.53 bits per heavy atom. The van der Waals surface area contributed by atoms with Gasteiger partial charge in [0, 0.05) is 10.9 Å². The molecule has 0 aliphatic carbocycles. The lowest BCUT2D eigenvalue weighted by Crippen LogP contribution is -2.12. The number of halogens is 2. The topological polar surface area (TPSA) is 35.2 Å². The van der Waals surface area contributed by atoms with Gasteiger partial charge in [-0.25, -0.2) is 4.39 Å². The lowest BCUT2D eigenvalue weighted by Gasteiger charge is -2.10. The highest BCUT2D eigenvalue weighted by Crippen LogP contribution is 2.24. The molecule has 0 aliphatic rings. The minimum Gasteiger partial charge on any atom is -0.497 e. The highest BCUT2D eigenvalue weighted by Gasteiger charge is 2.10. The van der Waals surface area contributed by atoms with Crippen LogP contribution in [0.2, 0.25) is 0 Å². The molecule has 1 rings (SSSR count). The van der Waals surface area contributed by atoms with Gasteiger partial charge in [-0.05, 0) is 36.7 Å². The molecule has 1 atom stereocenters. The maximum absolute atomic E-state index is 13.4. The van der Waals surface area contributed by atoms with E-state index in [2.05, 4.69) is 15.9 Å². The van der Waals surface area contributed by atoms with E-state index >= 15 is 0 Å². The Balaban J connectivity index is 2.74. The zero-order valence-electron chi connectivity index (χ0n) is 8.67.